The number of carbonyl (C=O) groups excluding carboxylic acids is 1. The van der Waals surface area contributed by atoms with Gasteiger partial charge < -0.3 is 4.57 Å². The summed E-state index contributed by atoms with van der Waals surface area (Å²) in [5.74, 6) is 0. The molecule has 5 nitrogen and oxygen atoms in total. The number of aryl methyl sites for hydroxylation is 2. The standard InChI is InChI=1S/C11H10N4OS2/c1-7-6-17-11-13-9(8(5-16)15(7)11)18-10-12-3-4-14(10)2/h3-6H,1-2H3. The number of imidazole rings is 2. The maximum atomic E-state index is 11.3. The van der Waals surface area contributed by atoms with Crippen molar-refractivity contribution in [3.8, 4) is 0 Å². The number of fused-ring (bicyclic) bond motifs is 1. The quantitative estimate of drug-likeness (QED) is 0.690. The largest absolute Gasteiger partial charge is 0.329 e. The lowest BCUT2D eigenvalue weighted by molar-refractivity contribution is 0.111. The Labute approximate surface area is 111 Å². The van der Waals surface area contributed by atoms with Crippen LogP contribution in [0.5, 0.6) is 0 Å². The smallest absolute Gasteiger partial charge is 0.195 e. The second kappa shape index (κ2) is 4.25. The molecule has 3 aromatic rings. The molecule has 0 N–H and O–H groups in total. The molecule has 18 heavy (non-hydrogen) atoms. The van der Waals surface area contributed by atoms with Crippen LogP contribution < -0.4 is 0 Å². The van der Waals surface area contributed by atoms with Gasteiger partial charge in [0.25, 0.3) is 0 Å². The molecule has 0 radical (unpaired) electrons. The fraction of sp³-hybridized carbons (Fsp3) is 0.182. The van der Waals surface area contributed by atoms with Crippen molar-refractivity contribution in [2.75, 3.05) is 0 Å². The fourth-order valence-electron chi connectivity index (χ4n) is 1.72. The molecule has 0 spiro atoms. The minimum atomic E-state index is 0.594. The van der Waals surface area contributed by atoms with Crippen molar-refractivity contribution in [3.63, 3.8) is 0 Å². The van der Waals surface area contributed by atoms with E-state index in [9.17, 15) is 4.79 Å². The van der Waals surface area contributed by atoms with Crippen LogP contribution in [-0.4, -0.2) is 25.2 Å². The van der Waals surface area contributed by atoms with Crippen molar-refractivity contribution in [2.45, 2.75) is 17.1 Å². The van der Waals surface area contributed by atoms with Gasteiger partial charge in [0.1, 0.15) is 10.7 Å². The third kappa shape index (κ3) is 1.67. The van der Waals surface area contributed by atoms with Gasteiger partial charge in [-0.1, -0.05) is 0 Å². The lowest BCUT2D eigenvalue weighted by Crippen LogP contribution is -1.94. The van der Waals surface area contributed by atoms with Gasteiger partial charge in [-0.3, -0.25) is 9.20 Å². The summed E-state index contributed by atoms with van der Waals surface area (Å²) in [4.78, 5) is 20.8. The van der Waals surface area contributed by atoms with Crippen LogP contribution in [0.1, 0.15) is 16.2 Å². The highest BCUT2D eigenvalue weighted by Gasteiger charge is 2.17. The zero-order chi connectivity index (χ0) is 12.7. The first kappa shape index (κ1) is 11.5. The molecule has 0 aromatic carbocycles. The van der Waals surface area contributed by atoms with Crippen molar-refractivity contribution in [2.24, 2.45) is 7.05 Å². The SMILES string of the molecule is Cc1csc2nc(Sc3nccn3C)c(C=O)n12. The number of hydrogen-bond donors (Lipinski definition) is 0. The molecule has 92 valence electrons. The van der Waals surface area contributed by atoms with Crippen LogP contribution in [0.2, 0.25) is 0 Å². The van der Waals surface area contributed by atoms with Gasteiger partial charge in [0.05, 0.1) is 0 Å². The molecule has 0 saturated carbocycles. The van der Waals surface area contributed by atoms with Gasteiger partial charge in [-0.25, -0.2) is 9.97 Å². The molecule has 3 aromatic heterocycles. The second-order valence-electron chi connectivity index (χ2n) is 3.84. The van der Waals surface area contributed by atoms with Crippen molar-refractivity contribution < 1.29 is 4.79 Å². The highest BCUT2D eigenvalue weighted by molar-refractivity contribution is 7.99. The average molecular weight is 278 g/mol. The summed E-state index contributed by atoms with van der Waals surface area (Å²) >= 11 is 2.94. The van der Waals surface area contributed by atoms with E-state index in [2.05, 4.69) is 9.97 Å². The van der Waals surface area contributed by atoms with E-state index in [0.717, 1.165) is 22.1 Å². The first-order chi connectivity index (χ1) is 8.70. The van der Waals surface area contributed by atoms with Gasteiger partial charge in [-0.15, -0.1) is 11.3 Å². The first-order valence-electron chi connectivity index (χ1n) is 5.27. The Morgan fingerprint density at radius 2 is 2.33 bits per heavy atom. The molecule has 0 aliphatic rings. The third-order valence-corrected chi connectivity index (χ3v) is 4.63. The van der Waals surface area contributed by atoms with Gasteiger partial charge in [0, 0.05) is 30.5 Å². The number of aldehydes is 1. The van der Waals surface area contributed by atoms with E-state index in [1.165, 1.54) is 23.1 Å². The number of hydrogen-bond acceptors (Lipinski definition) is 5. The van der Waals surface area contributed by atoms with Gasteiger partial charge in [-0.2, -0.15) is 0 Å². The predicted octanol–water partition coefficient (Wildman–Crippen LogP) is 2.40. The van der Waals surface area contributed by atoms with Gasteiger partial charge in [0.15, 0.2) is 16.4 Å². The van der Waals surface area contributed by atoms with E-state index in [0.29, 0.717) is 10.7 Å². The number of rotatable bonds is 3. The van der Waals surface area contributed by atoms with E-state index in [4.69, 9.17) is 0 Å². The summed E-state index contributed by atoms with van der Waals surface area (Å²) in [7, 11) is 1.92. The molecule has 0 aliphatic heterocycles. The maximum absolute atomic E-state index is 11.3. The number of nitrogens with zero attached hydrogens (tertiary/aromatic N) is 4. The van der Waals surface area contributed by atoms with E-state index in [1.807, 2.05) is 34.5 Å². The normalized spacial score (nSPS) is 11.2. The maximum Gasteiger partial charge on any atom is 0.195 e. The Balaban J connectivity index is 2.12. The van der Waals surface area contributed by atoms with E-state index >= 15 is 0 Å². The van der Waals surface area contributed by atoms with Gasteiger partial charge in [0.2, 0.25) is 0 Å². The Hall–Kier alpha value is -1.60. The molecule has 3 rings (SSSR count). The summed E-state index contributed by atoms with van der Waals surface area (Å²) in [6.07, 6.45) is 4.45. The minimum absolute atomic E-state index is 0.594. The molecular weight excluding hydrogens is 268 g/mol. The average Bonchev–Trinajstić information content (AvgIpc) is 2.99. The van der Waals surface area contributed by atoms with Gasteiger partial charge >= 0.3 is 0 Å². The molecule has 0 atom stereocenters. The number of aromatic nitrogens is 4. The van der Waals surface area contributed by atoms with Crippen LogP contribution in [0.25, 0.3) is 4.96 Å². The summed E-state index contributed by atoms with van der Waals surface area (Å²) in [6, 6.07) is 0. The summed E-state index contributed by atoms with van der Waals surface area (Å²) < 4.78 is 3.78. The Morgan fingerprint density at radius 1 is 1.50 bits per heavy atom. The Kier molecular flexibility index (Phi) is 2.71. The third-order valence-electron chi connectivity index (χ3n) is 2.61. The van der Waals surface area contributed by atoms with Crippen molar-refractivity contribution in [3.05, 3.63) is 29.2 Å². The molecule has 0 bridgehead atoms. The van der Waals surface area contributed by atoms with Crippen LogP contribution in [0.4, 0.5) is 0 Å². The highest BCUT2D eigenvalue weighted by atomic mass is 32.2. The lowest BCUT2D eigenvalue weighted by Gasteiger charge is -1.99. The van der Waals surface area contributed by atoms with Crippen molar-refractivity contribution in [1.82, 2.24) is 18.9 Å². The Bertz CT molecular complexity index is 725. The van der Waals surface area contributed by atoms with Crippen molar-refractivity contribution in [1.29, 1.82) is 0 Å². The van der Waals surface area contributed by atoms with E-state index < -0.39 is 0 Å². The predicted molar refractivity (Wildman–Crippen MR) is 70.5 cm³/mol. The summed E-state index contributed by atoms with van der Waals surface area (Å²) in [5, 5.41) is 3.51. The van der Waals surface area contributed by atoms with Crippen LogP contribution in [-0.2, 0) is 7.05 Å². The van der Waals surface area contributed by atoms with Gasteiger partial charge in [-0.05, 0) is 18.7 Å². The molecule has 0 fully saturated rings. The topological polar surface area (TPSA) is 52.2 Å². The highest BCUT2D eigenvalue weighted by Crippen LogP contribution is 2.30. The lowest BCUT2D eigenvalue weighted by atomic mass is 10.5. The van der Waals surface area contributed by atoms with Crippen LogP contribution in [0.15, 0.2) is 28.0 Å². The number of carbonyl (C=O) groups is 1. The monoisotopic (exact) mass is 278 g/mol. The van der Waals surface area contributed by atoms with Crippen LogP contribution in [0, 0.1) is 6.92 Å². The first-order valence-corrected chi connectivity index (χ1v) is 6.97. The van der Waals surface area contributed by atoms with Crippen LogP contribution in [0.3, 0.4) is 0 Å². The molecule has 0 saturated heterocycles. The summed E-state index contributed by atoms with van der Waals surface area (Å²) in [5.41, 5.74) is 1.62. The number of thiazole rings is 1. The van der Waals surface area contributed by atoms with E-state index in [-0.39, 0.29) is 0 Å². The molecule has 0 amide bonds. The summed E-state index contributed by atoms with van der Waals surface area (Å²) in [6.45, 7) is 1.97. The second-order valence-corrected chi connectivity index (χ2v) is 5.63. The zero-order valence-corrected chi connectivity index (χ0v) is 11.5. The fourth-order valence-corrected chi connectivity index (χ4v) is 3.52. The van der Waals surface area contributed by atoms with E-state index in [1.54, 1.807) is 6.20 Å². The van der Waals surface area contributed by atoms with Crippen molar-refractivity contribution >= 4 is 34.3 Å². The zero-order valence-electron chi connectivity index (χ0n) is 9.82. The minimum Gasteiger partial charge on any atom is -0.329 e. The van der Waals surface area contributed by atoms with Crippen LogP contribution >= 0.6 is 23.1 Å². The molecule has 7 heteroatoms. The molecule has 3 heterocycles. The molecule has 0 unspecified atom stereocenters. The Morgan fingerprint density at radius 3 is 3.00 bits per heavy atom. The molecular formula is C11H10N4OS2. The molecule has 0 aliphatic carbocycles.